The minimum absolute atomic E-state index is 0.0978. The molecule has 1 N–H and O–H groups in total. The van der Waals surface area contributed by atoms with Gasteiger partial charge in [0.2, 0.25) is 5.91 Å². The highest BCUT2D eigenvalue weighted by Gasteiger charge is 2.29. The molecule has 0 saturated carbocycles. The molecule has 0 aliphatic carbocycles. The molecule has 0 bridgehead atoms. The van der Waals surface area contributed by atoms with E-state index in [1.165, 1.54) is 4.90 Å². The maximum Gasteiger partial charge on any atom is 0.324 e. The van der Waals surface area contributed by atoms with E-state index in [0.29, 0.717) is 6.54 Å². The molecule has 0 radical (unpaired) electrons. The first kappa shape index (κ1) is 10.7. The maximum atomic E-state index is 11.4. The van der Waals surface area contributed by atoms with Crippen LogP contribution in [0.3, 0.4) is 0 Å². The molecule has 1 fully saturated rings. The number of imide groups is 1. The summed E-state index contributed by atoms with van der Waals surface area (Å²) in [5.74, 6) is -0.184. The van der Waals surface area contributed by atoms with Gasteiger partial charge in [-0.2, -0.15) is 5.10 Å². The van der Waals surface area contributed by atoms with Crippen molar-refractivity contribution < 1.29 is 9.59 Å². The fourth-order valence-electron chi connectivity index (χ4n) is 1.80. The smallest absolute Gasteiger partial charge is 0.324 e. The van der Waals surface area contributed by atoms with Crippen LogP contribution >= 0.6 is 0 Å². The molecule has 86 valence electrons. The van der Waals surface area contributed by atoms with Gasteiger partial charge < -0.3 is 5.32 Å². The third-order valence-corrected chi connectivity index (χ3v) is 2.59. The molecule has 16 heavy (non-hydrogen) atoms. The maximum absolute atomic E-state index is 11.4. The fraction of sp³-hybridized carbons (Fsp3) is 0.500. The van der Waals surface area contributed by atoms with Crippen molar-refractivity contribution >= 4 is 11.9 Å². The molecular formula is C10H14N4O2. The number of nitrogens with zero attached hydrogens (tertiary/aromatic N) is 3. The van der Waals surface area contributed by atoms with E-state index in [4.69, 9.17) is 0 Å². The van der Waals surface area contributed by atoms with E-state index in [-0.39, 0.29) is 18.5 Å². The van der Waals surface area contributed by atoms with Gasteiger partial charge >= 0.3 is 6.03 Å². The van der Waals surface area contributed by atoms with Gasteiger partial charge in [0.15, 0.2) is 0 Å². The number of hydrogen-bond acceptors (Lipinski definition) is 3. The number of urea groups is 1. The summed E-state index contributed by atoms with van der Waals surface area (Å²) in [6.07, 6.45) is 2.64. The van der Waals surface area contributed by atoms with Crippen LogP contribution in [0.15, 0.2) is 6.20 Å². The Hall–Kier alpha value is -1.85. The van der Waals surface area contributed by atoms with E-state index >= 15 is 0 Å². The first-order valence-corrected chi connectivity index (χ1v) is 5.21. The lowest BCUT2D eigenvalue weighted by molar-refractivity contribution is -0.125. The van der Waals surface area contributed by atoms with Crippen LogP contribution in [0.5, 0.6) is 0 Å². The molecule has 0 aromatic carbocycles. The quantitative estimate of drug-likeness (QED) is 0.734. The number of carbonyl (C=O) groups is 2. The van der Waals surface area contributed by atoms with Gasteiger partial charge in [-0.1, -0.05) is 6.92 Å². The Bertz CT molecular complexity index is 422. The van der Waals surface area contributed by atoms with E-state index < -0.39 is 0 Å². The van der Waals surface area contributed by atoms with Crippen molar-refractivity contribution in [3.05, 3.63) is 17.5 Å². The summed E-state index contributed by atoms with van der Waals surface area (Å²) in [6, 6.07) is -0.323. The average Bonchev–Trinajstić information content (AvgIpc) is 2.75. The van der Waals surface area contributed by atoms with E-state index in [1.54, 1.807) is 4.68 Å². The third kappa shape index (κ3) is 1.78. The van der Waals surface area contributed by atoms with Crippen LogP contribution < -0.4 is 5.32 Å². The summed E-state index contributed by atoms with van der Waals surface area (Å²) < 4.78 is 1.70. The second-order valence-corrected chi connectivity index (χ2v) is 3.77. The Labute approximate surface area is 93.2 Å². The van der Waals surface area contributed by atoms with Crippen LogP contribution in [0, 0.1) is 0 Å². The number of nitrogens with one attached hydrogen (secondary N) is 1. The van der Waals surface area contributed by atoms with Gasteiger partial charge in [0, 0.05) is 18.8 Å². The van der Waals surface area contributed by atoms with Gasteiger partial charge in [-0.15, -0.1) is 0 Å². The van der Waals surface area contributed by atoms with Crippen LogP contribution in [0.25, 0.3) is 0 Å². The number of carbonyl (C=O) groups excluding carboxylic acids is 2. The molecule has 2 heterocycles. The summed E-state index contributed by atoms with van der Waals surface area (Å²) >= 11 is 0. The minimum atomic E-state index is -0.323. The normalized spacial score (nSPS) is 15.8. The number of aryl methyl sites for hydroxylation is 2. The molecule has 0 spiro atoms. The number of rotatable bonds is 3. The molecule has 3 amide bonds. The Morgan fingerprint density at radius 1 is 1.50 bits per heavy atom. The lowest BCUT2D eigenvalue weighted by Crippen LogP contribution is -2.30. The van der Waals surface area contributed by atoms with Crippen molar-refractivity contribution in [3.8, 4) is 0 Å². The van der Waals surface area contributed by atoms with Gasteiger partial charge in [0.25, 0.3) is 0 Å². The Morgan fingerprint density at radius 3 is 2.81 bits per heavy atom. The van der Waals surface area contributed by atoms with Gasteiger partial charge in [0.05, 0.1) is 18.8 Å². The summed E-state index contributed by atoms with van der Waals surface area (Å²) in [5, 5.41) is 6.76. The highest BCUT2D eigenvalue weighted by molar-refractivity contribution is 6.01. The Balaban J connectivity index is 2.19. The SMILES string of the molecule is CCc1nn(C)cc1CN1C(=O)CNC1=O. The molecule has 1 aliphatic heterocycles. The van der Waals surface area contributed by atoms with Crippen molar-refractivity contribution in [1.82, 2.24) is 20.0 Å². The highest BCUT2D eigenvalue weighted by Crippen LogP contribution is 2.12. The zero-order valence-corrected chi connectivity index (χ0v) is 9.36. The van der Waals surface area contributed by atoms with Gasteiger partial charge in [0.1, 0.15) is 0 Å². The Morgan fingerprint density at radius 2 is 2.25 bits per heavy atom. The van der Waals surface area contributed by atoms with Crippen molar-refractivity contribution in [2.75, 3.05) is 6.54 Å². The topological polar surface area (TPSA) is 67.2 Å². The molecule has 1 aliphatic rings. The first-order chi connectivity index (χ1) is 7.61. The second-order valence-electron chi connectivity index (χ2n) is 3.77. The van der Waals surface area contributed by atoms with Crippen molar-refractivity contribution in [2.45, 2.75) is 19.9 Å². The number of amides is 3. The second kappa shape index (κ2) is 3.96. The zero-order valence-electron chi connectivity index (χ0n) is 9.36. The van der Waals surface area contributed by atoms with Gasteiger partial charge in [-0.3, -0.25) is 14.4 Å². The third-order valence-electron chi connectivity index (χ3n) is 2.59. The average molecular weight is 222 g/mol. The van der Waals surface area contributed by atoms with E-state index in [0.717, 1.165) is 17.7 Å². The summed E-state index contributed by atoms with van der Waals surface area (Å²) in [6.45, 7) is 2.40. The van der Waals surface area contributed by atoms with Crippen molar-refractivity contribution in [2.24, 2.45) is 7.05 Å². The predicted molar refractivity (Wildman–Crippen MR) is 56.5 cm³/mol. The van der Waals surface area contributed by atoms with E-state index in [1.807, 2.05) is 20.2 Å². The van der Waals surface area contributed by atoms with Crippen molar-refractivity contribution in [1.29, 1.82) is 0 Å². The molecule has 6 nitrogen and oxygen atoms in total. The molecule has 6 heteroatoms. The number of hydrogen-bond donors (Lipinski definition) is 1. The largest absolute Gasteiger partial charge is 0.329 e. The van der Waals surface area contributed by atoms with Gasteiger partial charge in [-0.05, 0) is 6.42 Å². The van der Waals surface area contributed by atoms with E-state index in [9.17, 15) is 9.59 Å². The molecule has 1 aromatic rings. The number of aromatic nitrogens is 2. The lowest BCUT2D eigenvalue weighted by Gasteiger charge is -2.11. The summed E-state index contributed by atoms with van der Waals surface area (Å²) in [7, 11) is 1.83. The molecule has 2 rings (SSSR count). The van der Waals surface area contributed by atoms with Crippen LogP contribution in [0.2, 0.25) is 0 Å². The lowest BCUT2D eigenvalue weighted by atomic mass is 10.2. The minimum Gasteiger partial charge on any atom is -0.329 e. The fourth-order valence-corrected chi connectivity index (χ4v) is 1.80. The van der Waals surface area contributed by atoms with Crippen LogP contribution in [-0.2, 0) is 24.8 Å². The van der Waals surface area contributed by atoms with E-state index in [2.05, 4.69) is 10.4 Å². The van der Waals surface area contributed by atoms with Crippen LogP contribution in [0.1, 0.15) is 18.2 Å². The molecule has 1 saturated heterocycles. The van der Waals surface area contributed by atoms with Gasteiger partial charge in [-0.25, -0.2) is 4.79 Å². The monoisotopic (exact) mass is 222 g/mol. The first-order valence-electron chi connectivity index (χ1n) is 5.21. The predicted octanol–water partition coefficient (Wildman–Crippen LogP) is 0.0343. The molecule has 0 atom stereocenters. The molecule has 0 unspecified atom stereocenters. The molecular weight excluding hydrogens is 208 g/mol. The summed E-state index contributed by atoms with van der Waals surface area (Å²) in [5.41, 5.74) is 1.85. The van der Waals surface area contributed by atoms with Crippen LogP contribution in [-0.4, -0.2) is 33.2 Å². The zero-order chi connectivity index (χ0) is 11.7. The highest BCUT2D eigenvalue weighted by atomic mass is 16.2. The van der Waals surface area contributed by atoms with Crippen molar-refractivity contribution in [3.63, 3.8) is 0 Å². The van der Waals surface area contributed by atoms with Crippen LogP contribution in [0.4, 0.5) is 4.79 Å². The Kier molecular flexibility index (Phi) is 2.64. The molecule has 1 aromatic heterocycles. The standard InChI is InChI=1S/C10H14N4O2/c1-3-8-7(5-13(2)12-8)6-14-9(15)4-11-10(14)16/h5H,3-4,6H2,1-2H3,(H,11,16). The summed E-state index contributed by atoms with van der Waals surface area (Å²) in [4.78, 5) is 24.0.